The van der Waals surface area contributed by atoms with Crippen molar-refractivity contribution in [2.24, 2.45) is 5.92 Å². The number of benzene rings is 1. The van der Waals surface area contributed by atoms with Crippen LogP contribution in [0.2, 0.25) is 0 Å². The van der Waals surface area contributed by atoms with Crippen LogP contribution in [-0.4, -0.2) is 35.4 Å². The molecule has 0 unspecified atom stereocenters. The van der Waals surface area contributed by atoms with Gasteiger partial charge in [0.05, 0.1) is 10.7 Å². The molecule has 0 N–H and O–H groups in total. The molecule has 1 aromatic heterocycles. The Morgan fingerprint density at radius 1 is 1.31 bits per heavy atom. The van der Waals surface area contributed by atoms with Crippen molar-refractivity contribution in [3.8, 4) is 0 Å². The molecule has 1 saturated heterocycles. The second-order valence-corrected chi connectivity index (χ2v) is 9.25. The van der Waals surface area contributed by atoms with Crippen molar-refractivity contribution in [3.05, 3.63) is 44.3 Å². The molecule has 4 nitrogen and oxygen atoms in total. The van der Waals surface area contributed by atoms with E-state index in [1.54, 1.807) is 11.3 Å². The third kappa shape index (κ3) is 3.87. The second-order valence-electron chi connectivity index (χ2n) is 7.27. The quantitative estimate of drug-likeness (QED) is 0.719. The summed E-state index contributed by atoms with van der Waals surface area (Å²) in [6, 6.07) is 6.30. The number of hydrogen-bond acceptors (Lipinski definition) is 4. The Morgan fingerprint density at radius 3 is 2.85 bits per heavy atom. The summed E-state index contributed by atoms with van der Waals surface area (Å²) in [5.41, 5.74) is 3.56. The van der Waals surface area contributed by atoms with Gasteiger partial charge in [-0.1, -0.05) is 15.9 Å². The van der Waals surface area contributed by atoms with Gasteiger partial charge in [0.2, 0.25) is 5.91 Å². The fourth-order valence-electron chi connectivity index (χ4n) is 4.06. The average molecular weight is 434 g/mol. The Bertz CT molecular complexity index is 798. The lowest BCUT2D eigenvalue weighted by atomic mass is 9.93. The molecule has 2 aromatic rings. The van der Waals surface area contributed by atoms with E-state index in [0.717, 1.165) is 72.7 Å². The fraction of sp³-hybridized carbons (Fsp3) is 0.500. The van der Waals surface area contributed by atoms with Gasteiger partial charge in [-0.25, -0.2) is 4.98 Å². The number of aryl methyl sites for hydroxylation is 2. The van der Waals surface area contributed by atoms with E-state index in [0.29, 0.717) is 5.91 Å². The first-order chi connectivity index (χ1) is 12.6. The number of piperidine rings is 1. The first kappa shape index (κ1) is 18.1. The molecule has 3 heterocycles. The minimum absolute atomic E-state index is 0.151. The molecule has 4 rings (SSSR count). The van der Waals surface area contributed by atoms with Crippen LogP contribution in [-0.2, 0) is 17.8 Å². The van der Waals surface area contributed by atoms with Gasteiger partial charge in [0.1, 0.15) is 0 Å². The highest BCUT2D eigenvalue weighted by Gasteiger charge is 2.31. The van der Waals surface area contributed by atoms with Crippen molar-refractivity contribution in [1.82, 2.24) is 9.88 Å². The number of halogens is 1. The van der Waals surface area contributed by atoms with Crippen LogP contribution < -0.4 is 4.90 Å². The van der Waals surface area contributed by atoms with E-state index in [-0.39, 0.29) is 5.92 Å². The lowest BCUT2D eigenvalue weighted by Crippen LogP contribution is -2.44. The molecule has 0 bridgehead atoms. The Morgan fingerprint density at radius 2 is 2.12 bits per heavy atom. The van der Waals surface area contributed by atoms with E-state index in [1.807, 2.05) is 17.9 Å². The Hall–Kier alpha value is -1.24. The highest BCUT2D eigenvalue weighted by atomic mass is 79.9. The number of aromatic nitrogens is 1. The third-order valence-corrected chi connectivity index (χ3v) is 6.73. The summed E-state index contributed by atoms with van der Waals surface area (Å²) in [5.74, 6) is 0.468. The maximum atomic E-state index is 13.2. The molecule has 0 aliphatic carbocycles. The van der Waals surface area contributed by atoms with Crippen molar-refractivity contribution in [3.63, 3.8) is 0 Å². The highest BCUT2D eigenvalue weighted by molar-refractivity contribution is 9.10. The monoisotopic (exact) mass is 433 g/mol. The molecule has 26 heavy (non-hydrogen) atoms. The zero-order valence-electron chi connectivity index (χ0n) is 15.1. The van der Waals surface area contributed by atoms with Gasteiger partial charge in [0.15, 0.2) is 0 Å². The molecule has 0 atom stereocenters. The van der Waals surface area contributed by atoms with Crippen LogP contribution in [0.4, 0.5) is 5.69 Å². The molecule has 0 saturated carbocycles. The predicted molar refractivity (Wildman–Crippen MR) is 110 cm³/mol. The standard InChI is InChI=1S/C20H24BrN3OS/c1-14-22-18(13-26-14)12-23-9-6-15(7-10-23)20(25)24-8-2-3-16-11-17(21)4-5-19(16)24/h4-5,11,13,15H,2-3,6-10,12H2,1H3. The van der Waals surface area contributed by atoms with Gasteiger partial charge in [-0.3, -0.25) is 9.69 Å². The Labute approximate surface area is 167 Å². The van der Waals surface area contributed by atoms with Crippen LogP contribution in [0.15, 0.2) is 28.1 Å². The maximum Gasteiger partial charge on any atom is 0.230 e. The van der Waals surface area contributed by atoms with E-state index in [2.05, 4.69) is 43.3 Å². The topological polar surface area (TPSA) is 36.4 Å². The van der Waals surface area contributed by atoms with Crippen LogP contribution in [0.1, 0.15) is 35.5 Å². The number of anilines is 1. The summed E-state index contributed by atoms with van der Waals surface area (Å²) in [7, 11) is 0. The number of nitrogens with zero attached hydrogens (tertiary/aromatic N) is 3. The van der Waals surface area contributed by atoms with E-state index in [9.17, 15) is 4.79 Å². The number of thiazole rings is 1. The zero-order chi connectivity index (χ0) is 18.1. The molecule has 1 fully saturated rings. The van der Waals surface area contributed by atoms with Crippen molar-refractivity contribution < 1.29 is 4.79 Å². The molecule has 2 aliphatic heterocycles. The normalized spacial score (nSPS) is 18.8. The smallest absolute Gasteiger partial charge is 0.230 e. The van der Waals surface area contributed by atoms with Gasteiger partial charge in [-0.05, 0) is 69.5 Å². The number of amides is 1. The molecule has 0 radical (unpaired) electrons. The number of fused-ring (bicyclic) bond motifs is 1. The number of rotatable bonds is 3. The lowest BCUT2D eigenvalue weighted by molar-refractivity contribution is -0.123. The number of carbonyl (C=O) groups excluding carboxylic acids is 1. The molecule has 6 heteroatoms. The summed E-state index contributed by atoms with van der Waals surface area (Å²) < 4.78 is 1.09. The second kappa shape index (κ2) is 7.79. The van der Waals surface area contributed by atoms with E-state index in [1.165, 1.54) is 5.56 Å². The molecule has 138 valence electrons. The zero-order valence-corrected chi connectivity index (χ0v) is 17.5. The number of likely N-dealkylation sites (tertiary alicyclic amines) is 1. The molecule has 2 aliphatic rings. The largest absolute Gasteiger partial charge is 0.312 e. The summed E-state index contributed by atoms with van der Waals surface area (Å²) in [6.45, 7) is 5.77. The lowest BCUT2D eigenvalue weighted by Gasteiger charge is -2.36. The third-order valence-electron chi connectivity index (χ3n) is 5.42. The van der Waals surface area contributed by atoms with Gasteiger partial charge >= 0.3 is 0 Å². The average Bonchev–Trinajstić information content (AvgIpc) is 3.06. The van der Waals surface area contributed by atoms with E-state index >= 15 is 0 Å². The first-order valence-corrected chi connectivity index (χ1v) is 11.0. The van der Waals surface area contributed by atoms with Gasteiger partial charge in [-0.2, -0.15) is 0 Å². The summed E-state index contributed by atoms with van der Waals surface area (Å²) in [4.78, 5) is 22.2. The van der Waals surface area contributed by atoms with Crippen molar-refractivity contribution in [2.75, 3.05) is 24.5 Å². The molecule has 0 spiro atoms. The molecule has 1 amide bonds. The summed E-state index contributed by atoms with van der Waals surface area (Å²) in [6.07, 6.45) is 4.01. The number of carbonyl (C=O) groups is 1. The van der Waals surface area contributed by atoms with Gasteiger partial charge in [0, 0.05) is 34.5 Å². The Kier molecular flexibility index (Phi) is 5.43. The predicted octanol–water partition coefficient (Wildman–Crippen LogP) is 4.41. The van der Waals surface area contributed by atoms with Crippen LogP contribution in [0.5, 0.6) is 0 Å². The van der Waals surface area contributed by atoms with Crippen LogP contribution in [0, 0.1) is 12.8 Å². The van der Waals surface area contributed by atoms with Crippen LogP contribution in [0.25, 0.3) is 0 Å². The minimum atomic E-state index is 0.151. The van der Waals surface area contributed by atoms with E-state index < -0.39 is 0 Å². The SMILES string of the molecule is Cc1nc(CN2CCC(C(=O)N3CCCc4cc(Br)ccc43)CC2)cs1. The maximum absolute atomic E-state index is 13.2. The minimum Gasteiger partial charge on any atom is -0.312 e. The van der Waals surface area contributed by atoms with Gasteiger partial charge in [-0.15, -0.1) is 11.3 Å². The molecule has 1 aromatic carbocycles. The molecular weight excluding hydrogens is 410 g/mol. The van der Waals surface area contributed by atoms with Crippen LogP contribution >= 0.6 is 27.3 Å². The van der Waals surface area contributed by atoms with E-state index in [4.69, 9.17) is 0 Å². The number of hydrogen-bond donors (Lipinski definition) is 0. The van der Waals surface area contributed by atoms with Gasteiger partial charge in [0.25, 0.3) is 0 Å². The Balaban J connectivity index is 1.38. The van der Waals surface area contributed by atoms with Crippen molar-refractivity contribution >= 4 is 38.9 Å². The summed E-state index contributed by atoms with van der Waals surface area (Å²) in [5, 5.41) is 3.27. The first-order valence-electron chi connectivity index (χ1n) is 9.33. The van der Waals surface area contributed by atoms with Crippen LogP contribution in [0.3, 0.4) is 0 Å². The van der Waals surface area contributed by atoms with Crippen molar-refractivity contribution in [2.45, 2.75) is 39.2 Å². The summed E-state index contributed by atoms with van der Waals surface area (Å²) >= 11 is 5.26. The fourth-order valence-corrected chi connectivity index (χ4v) is 5.08. The molecular formula is C20H24BrN3OS. The highest BCUT2D eigenvalue weighted by Crippen LogP contribution is 2.32. The van der Waals surface area contributed by atoms with Gasteiger partial charge < -0.3 is 4.90 Å². The van der Waals surface area contributed by atoms with Crippen molar-refractivity contribution in [1.29, 1.82) is 0 Å².